The van der Waals surface area contributed by atoms with Crippen LogP contribution < -0.4 is 10.2 Å². The molecule has 27 heavy (non-hydrogen) atoms. The fourth-order valence-corrected chi connectivity index (χ4v) is 2.83. The molecule has 1 aromatic carbocycles. The van der Waals surface area contributed by atoms with Crippen LogP contribution in [0.5, 0.6) is 0 Å². The van der Waals surface area contributed by atoms with Crippen LogP contribution in [-0.4, -0.2) is 31.6 Å². The molecule has 2 heterocycles. The number of furan rings is 1. The lowest BCUT2D eigenvalue weighted by Gasteiger charge is -2.22. The Morgan fingerprint density at radius 2 is 1.93 bits per heavy atom. The zero-order chi connectivity index (χ0) is 19.4. The third-order valence-electron chi connectivity index (χ3n) is 4.10. The van der Waals surface area contributed by atoms with Gasteiger partial charge >= 0.3 is 12.1 Å². The van der Waals surface area contributed by atoms with Gasteiger partial charge in [-0.25, -0.2) is 4.79 Å². The van der Waals surface area contributed by atoms with Gasteiger partial charge in [0.2, 0.25) is 5.76 Å². The number of rotatable bonds is 5. The van der Waals surface area contributed by atoms with Gasteiger partial charge in [-0.3, -0.25) is 4.79 Å². The summed E-state index contributed by atoms with van der Waals surface area (Å²) in [4.78, 5) is 25.7. The molecule has 0 saturated carbocycles. The van der Waals surface area contributed by atoms with Crippen LogP contribution in [0.1, 0.15) is 29.0 Å². The van der Waals surface area contributed by atoms with Gasteiger partial charge in [0.05, 0.1) is 23.2 Å². The first-order chi connectivity index (χ1) is 12.8. The predicted molar refractivity (Wildman–Crippen MR) is 90.5 cm³/mol. The van der Waals surface area contributed by atoms with Crippen LogP contribution in [0.3, 0.4) is 0 Å². The highest BCUT2D eigenvalue weighted by Crippen LogP contribution is 2.36. The molecule has 1 aliphatic rings. The van der Waals surface area contributed by atoms with E-state index in [1.807, 2.05) is 4.90 Å². The molecule has 0 spiro atoms. The Labute approximate surface area is 152 Å². The maximum Gasteiger partial charge on any atom is 0.416 e. The summed E-state index contributed by atoms with van der Waals surface area (Å²) >= 11 is 0. The molecule has 0 bridgehead atoms. The number of nitrogens with zero attached hydrogens (tertiary/aromatic N) is 1. The molecule has 9 heteroatoms. The molecular formula is C18H17F3N2O4. The van der Waals surface area contributed by atoms with Crippen LogP contribution in [0, 0.1) is 0 Å². The standard InChI is InChI=1S/C18H17F3N2O4/c19-18(20,21)12-5-6-14(23-7-1-2-8-23)13(10-12)22-16(24)11-27-17(25)15-4-3-9-26-15/h3-6,9-10H,1-2,7-8,11H2,(H,22,24). The summed E-state index contributed by atoms with van der Waals surface area (Å²) in [7, 11) is 0. The smallest absolute Gasteiger partial charge is 0.416 e. The summed E-state index contributed by atoms with van der Waals surface area (Å²) in [5.74, 6) is -1.65. The minimum absolute atomic E-state index is 0.0331. The second-order valence-electron chi connectivity index (χ2n) is 6.03. The van der Waals surface area contributed by atoms with Gasteiger partial charge in [-0.2, -0.15) is 13.2 Å². The van der Waals surface area contributed by atoms with Crippen molar-refractivity contribution in [2.45, 2.75) is 19.0 Å². The number of carbonyl (C=O) groups is 2. The van der Waals surface area contributed by atoms with Crippen molar-refractivity contribution >= 4 is 23.3 Å². The second kappa shape index (κ2) is 7.73. The summed E-state index contributed by atoms with van der Waals surface area (Å²) in [6.07, 6.45) is -1.40. The lowest BCUT2D eigenvalue weighted by molar-refractivity contribution is -0.137. The van der Waals surface area contributed by atoms with E-state index in [9.17, 15) is 22.8 Å². The van der Waals surface area contributed by atoms with Crippen molar-refractivity contribution in [2.75, 3.05) is 29.9 Å². The minimum Gasteiger partial charge on any atom is -0.457 e. The van der Waals surface area contributed by atoms with Crippen LogP contribution in [0.15, 0.2) is 41.0 Å². The van der Waals surface area contributed by atoms with Gasteiger partial charge in [0.25, 0.3) is 5.91 Å². The maximum atomic E-state index is 13.0. The number of nitrogens with one attached hydrogen (secondary N) is 1. The van der Waals surface area contributed by atoms with Gasteiger partial charge in [0.1, 0.15) is 0 Å². The Morgan fingerprint density at radius 1 is 1.19 bits per heavy atom. The molecule has 0 radical (unpaired) electrons. The van der Waals surface area contributed by atoms with Crippen molar-refractivity contribution in [3.63, 3.8) is 0 Å². The summed E-state index contributed by atoms with van der Waals surface area (Å²) < 4.78 is 48.7. The molecule has 1 aromatic heterocycles. The van der Waals surface area contributed by atoms with Crippen molar-refractivity contribution < 1.29 is 31.9 Å². The highest BCUT2D eigenvalue weighted by molar-refractivity contribution is 5.97. The Bertz CT molecular complexity index is 813. The Balaban J connectivity index is 1.72. The highest BCUT2D eigenvalue weighted by Gasteiger charge is 2.32. The van der Waals surface area contributed by atoms with Crippen LogP contribution in [0.2, 0.25) is 0 Å². The first kappa shape index (κ1) is 18.8. The molecule has 0 atom stereocenters. The highest BCUT2D eigenvalue weighted by atomic mass is 19.4. The number of anilines is 2. The molecule has 6 nitrogen and oxygen atoms in total. The topological polar surface area (TPSA) is 71.8 Å². The second-order valence-corrected chi connectivity index (χ2v) is 6.03. The lowest BCUT2D eigenvalue weighted by atomic mass is 10.1. The van der Waals surface area contributed by atoms with Crippen molar-refractivity contribution in [1.82, 2.24) is 0 Å². The Hall–Kier alpha value is -2.97. The van der Waals surface area contributed by atoms with Crippen LogP contribution in [0.4, 0.5) is 24.5 Å². The number of amides is 1. The van der Waals surface area contributed by atoms with E-state index in [-0.39, 0.29) is 11.4 Å². The predicted octanol–water partition coefficient (Wildman–Crippen LogP) is 3.69. The molecular weight excluding hydrogens is 365 g/mol. The van der Waals surface area contributed by atoms with Crippen LogP contribution >= 0.6 is 0 Å². The SMILES string of the molecule is O=C(COC(=O)c1ccco1)Nc1cc(C(F)(F)F)ccc1N1CCCC1. The number of ether oxygens (including phenoxy) is 1. The summed E-state index contributed by atoms with van der Waals surface area (Å²) in [5, 5.41) is 2.41. The van der Waals surface area contributed by atoms with Gasteiger partial charge in [-0.05, 0) is 43.2 Å². The molecule has 0 unspecified atom stereocenters. The zero-order valence-electron chi connectivity index (χ0n) is 14.2. The van der Waals surface area contributed by atoms with Crippen molar-refractivity contribution in [3.8, 4) is 0 Å². The van der Waals surface area contributed by atoms with E-state index < -0.39 is 30.2 Å². The van der Waals surface area contributed by atoms with Gasteiger partial charge in [-0.1, -0.05) is 0 Å². The minimum atomic E-state index is -4.53. The van der Waals surface area contributed by atoms with E-state index in [0.29, 0.717) is 18.8 Å². The number of esters is 1. The third kappa shape index (κ3) is 4.60. The Morgan fingerprint density at radius 3 is 2.56 bits per heavy atom. The summed E-state index contributed by atoms with van der Waals surface area (Å²) in [6.45, 7) is 0.749. The first-order valence-corrected chi connectivity index (χ1v) is 8.31. The first-order valence-electron chi connectivity index (χ1n) is 8.31. The van der Waals surface area contributed by atoms with Crippen molar-refractivity contribution in [1.29, 1.82) is 0 Å². The van der Waals surface area contributed by atoms with E-state index in [2.05, 4.69) is 5.32 Å². The molecule has 1 N–H and O–H groups in total. The van der Waals surface area contributed by atoms with Crippen molar-refractivity contribution in [3.05, 3.63) is 47.9 Å². The van der Waals surface area contributed by atoms with Crippen molar-refractivity contribution in [2.24, 2.45) is 0 Å². The number of hydrogen-bond donors (Lipinski definition) is 1. The number of carbonyl (C=O) groups excluding carboxylic acids is 2. The monoisotopic (exact) mass is 382 g/mol. The van der Waals surface area contributed by atoms with Gasteiger partial charge < -0.3 is 19.4 Å². The summed E-state index contributed by atoms with van der Waals surface area (Å²) in [6, 6.07) is 6.08. The normalized spacial score (nSPS) is 14.3. The van der Waals surface area contributed by atoms with Crippen LogP contribution in [0.25, 0.3) is 0 Å². The van der Waals surface area contributed by atoms with Gasteiger partial charge in [0, 0.05) is 13.1 Å². The quantitative estimate of drug-likeness (QED) is 0.799. The molecule has 0 aliphatic carbocycles. The number of alkyl halides is 3. The van der Waals surface area contributed by atoms with E-state index in [4.69, 9.17) is 9.15 Å². The zero-order valence-corrected chi connectivity index (χ0v) is 14.2. The van der Waals surface area contributed by atoms with E-state index in [1.54, 1.807) is 0 Å². The fraction of sp³-hybridized carbons (Fsp3) is 0.333. The number of hydrogen-bond acceptors (Lipinski definition) is 5. The lowest BCUT2D eigenvalue weighted by Crippen LogP contribution is -2.24. The molecule has 1 aliphatic heterocycles. The number of halogens is 3. The van der Waals surface area contributed by atoms with Crippen LogP contribution in [-0.2, 0) is 15.7 Å². The van der Waals surface area contributed by atoms with E-state index in [0.717, 1.165) is 25.0 Å². The molecule has 1 fully saturated rings. The van der Waals surface area contributed by atoms with Gasteiger partial charge in [0.15, 0.2) is 6.61 Å². The largest absolute Gasteiger partial charge is 0.457 e. The summed E-state index contributed by atoms with van der Waals surface area (Å²) in [5.41, 5.74) is -0.328. The van der Waals surface area contributed by atoms with E-state index >= 15 is 0 Å². The molecule has 1 amide bonds. The molecule has 144 valence electrons. The average molecular weight is 382 g/mol. The molecule has 1 saturated heterocycles. The van der Waals surface area contributed by atoms with E-state index in [1.165, 1.54) is 24.5 Å². The number of benzene rings is 1. The molecule has 3 rings (SSSR count). The molecule has 2 aromatic rings. The fourth-order valence-electron chi connectivity index (χ4n) is 2.83. The third-order valence-corrected chi connectivity index (χ3v) is 4.10. The maximum absolute atomic E-state index is 13.0. The Kier molecular flexibility index (Phi) is 5.38. The van der Waals surface area contributed by atoms with Gasteiger partial charge in [-0.15, -0.1) is 0 Å². The average Bonchev–Trinajstić information content (AvgIpc) is 3.32.